The molecule has 0 heterocycles. The minimum absolute atomic E-state index is 0.0146. The molecule has 16 heavy (non-hydrogen) atoms. The number of benzene rings is 1. The van der Waals surface area contributed by atoms with Gasteiger partial charge in [-0.2, -0.15) is 0 Å². The van der Waals surface area contributed by atoms with Crippen LogP contribution in [-0.2, 0) is 0 Å². The number of aliphatic hydroxyl groups is 1. The summed E-state index contributed by atoms with van der Waals surface area (Å²) in [4.78, 5) is 0. The largest absolute Gasteiger partial charge is 0.391 e. The first-order valence-electron chi connectivity index (χ1n) is 5.09. The number of halogens is 3. The van der Waals surface area contributed by atoms with Crippen molar-refractivity contribution in [1.82, 2.24) is 0 Å². The molecule has 1 saturated carbocycles. The predicted octanol–water partition coefficient (Wildman–Crippen LogP) is 1.87. The van der Waals surface area contributed by atoms with Gasteiger partial charge in [-0.25, -0.2) is 13.2 Å². The van der Waals surface area contributed by atoms with Crippen molar-refractivity contribution in [3.8, 4) is 0 Å². The zero-order valence-corrected chi connectivity index (χ0v) is 8.46. The van der Waals surface area contributed by atoms with Crippen molar-refractivity contribution in [3.05, 3.63) is 35.1 Å². The molecule has 2 rings (SSSR count). The zero-order valence-electron chi connectivity index (χ0n) is 8.46. The van der Waals surface area contributed by atoms with E-state index in [-0.39, 0.29) is 11.5 Å². The van der Waals surface area contributed by atoms with Gasteiger partial charge < -0.3 is 10.8 Å². The maximum atomic E-state index is 13.3. The van der Waals surface area contributed by atoms with E-state index in [1.165, 1.54) is 0 Å². The molecule has 1 aliphatic rings. The van der Waals surface area contributed by atoms with Crippen LogP contribution in [0.1, 0.15) is 24.4 Å². The first-order valence-corrected chi connectivity index (χ1v) is 5.09. The van der Waals surface area contributed by atoms with Gasteiger partial charge in [0.1, 0.15) is 5.82 Å². The summed E-state index contributed by atoms with van der Waals surface area (Å²) < 4.78 is 39.2. The lowest BCUT2D eigenvalue weighted by molar-refractivity contribution is 0.120. The number of rotatable bonds is 3. The third-order valence-electron chi connectivity index (χ3n) is 2.85. The molecule has 3 N–H and O–H groups in total. The van der Waals surface area contributed by atoms with E-state index in [2.05, 4.69) is 0 Å². The van der Waals surface area contributed by atoms with Crippen LogP contribution in [0, 0.1) is 23.4 Å². The Balaban J connectivity index is 2.31. The van der Waals surface area contributed by atoms with Gasteiger partial charge in [0.2, 0.25) is 0 Å². The number of aliphatic hydroxyl groups excluding tert-OH is 1. The average molecular weight is 231 g/mol. The fraction of sp³-hybridized carbons (Fsp3) is 0.455. The fourth-order valence-corrected chi connectivity index (χ4v) is 1.73. The summed E-state index contributed by atoms with van der Waals surface area (Å²) in [7, 11) is 0. The Hall–Kier alpha value is -1.07. The second-order valence-corrected chi connectivity index (χ2v) is 4.14. The van der Waals surface area contributed by atoms with Gasteiger partial charge in [-0.3, -0.25) is 0 Å². The topological polar surface area (TPSA) is 46.2 Å². The summed E-state index contributed by atoms with van der Waals surface area (Å²) in [5, 5.41) is 9.68. The van der Waals surface area contributed by atoms with Gasteiger partial charge >= 0.3 is 0 Å². The maximum Gasteiger partial charge on any atom is 0.163 e. The second-order valence-electron chi connectivity index (χ2n) is 4.14. The molecule has 1 fully saturated rings. The third-order valence-corrected chi connectivity index (χ3v) is 2.85. The lowest BCUT2D eigenvalue weighted by atomic mass is 9.98. The molecular formula is C11H12F3NO. The maximum absolute atomic E-state index is 13.3. The molecular weight excluding hydrogens is 219 g/mol. The Morgan fingerprint density at radius 3 is 2.44 bits per heavy atom. The summed E-state index contributed by atoms with van der Waals surface area (Å²) >= 11 is 0. The predicted molar refractivity (Wildman–Crippen MR) is 52.0 cm³/mol. The molecule has 0 aliphatic heterocycles. The van der Waals surface area contributed by atoms with Crippen molar-refractivity contribution >= 4 is 0 Å². The molecule has 2 nitrogen and oxygen atoms in total. The third kappa shape index (κ3) is 2.05. The number of hydrogen-bond acceptors (Lipinski definition) is 2. The lowest BCUT2D eigenvalue weighted by Crippen LogP contribution is -2.29. The van der Waals surface area contributed by atoms with E-state index in [1.807, 2.05) is 0 Å². The molecule has 0 bridgehead atoms. The highest BCUT2D eigenvalue weighted by Crippen LogP contribution is 2.37. The Morgan fingerprint density at radius 2 is 1.88 bits per heavy atom. The van der Waals surface area contributed by atoms with Crippen LogP contribution in [0.3, 0.4) is 0 Å². The normalized spacial score (nSPS) is 19.6. The van der Waals surface area contributed by atoms with E-state index in [4.69, 9.17) is 5.73 Å². The minimum atomic E-state index is -1.28. The first kappa shape index (κ1) is 11.4. The van der Waals surface area contributed by atoms with Crippen molar-refractivity contribution in [1.29, 1.82) is 0 Å². The highest BCUT2D eigenvalue weighted by Gasteiger charge is 2.35. The molecule has 1 aliphatic carbocycles. The summed E-state index contributed by atoms with van der Waals surface area (Å²) in [5.74, 6) is -3.35. The number of nitrogens with two attached hydrogens (primary N) is 1. The van der Waals surface area contributed by atoms with Crippen LogP contribution in [0.25, 0.3) is 0 Å². The highest BCUT2D eigenvalue weighted by atomic mass is 19.2. The minimum Gasteiger partial charge on any atom is -0.391 e. The molecule has 0 saturated heterocycles. The molecule has 5 heteroatoms. The van der Waals surface area contributed by atoms with E-state index in [9.17, 15) is 18.3 Å². The lowest BCUT2D eigenvalue weighted by Gasteiger charge is -2.19. The van der Waals surface area contributed by atoms with Crippen LogP contribution in [0.5, 0.6) is 0 Å². The van der Waals surface area contributed by atoms with Crippen LogP contribution in [-0.4, -0.2) is 11.2 Å². The van der Waals surface area contributed by atoms with Crippen LogP contribution >= 0.6 is 0 Å². The first-order chi connectivity index (χ1) is 7.50. The van der Waals surface area contributed by atoms with Crippen LogP contribution in [0.2, 0.25) is 0 Å². The second kappa shape index (κ2) is 4.07. The molecule has 0 amide bonds. The summed E-state index contributed by atoms with van der Waals surface area (Å²) in [6.45, 7) is 0. The van der Waals surface area contributed by atoms with Gasteiger partial charge in [0.15, 0.2) is 11.6 Å². The van der Waals surface area contributed by atoms with Gasteiger partial charge in [-0.15, -0.1) is 0 Å². The quantitative estimate of drug-likeness (QED) is 0.780. The van der Waals surface area contributed by atoms with E-state index < -0.39 is 29.6 Å². The van der Waals surface area contributed by atoms with Gasteiger partial charge in [0.25, 0.3) is 0 Å². The highest BCUT2D eigenvalue weighted by molar-refractivity contribution is 5.24. The average Bonchev–Trinajstić information content (AvgIpc) is 3.05. The Labute approximate surface area is 90.9 Å². The molecule has 0 unspecified atom stereocenters. The van der Waals surface area contributed by atoms with Crippen molar-refractivity contribution in [2.45, 2.75) is 25.0 Å². The molecule has 2 atom stereocenters. The van der Waals surface area contributed by atoms with Gasteiger partial charge in [-0.05, 0) is 24.8 Å². The molecule has 0 aromatic heterocycles. The Bertz CT molecular complexity index is 406. The van der Waals surface area contributed by atoms with Crippen molar-refractivity contribution in [2.75, 3.05) is 0 Å². The smallest absolute Gasteiger partial charge is 0.163 e. The summed E-state index contributed by atoms with van der Waals surface area (Å²) in [5.41, 5.74) is 5.29. The van der Waals surface area contributed by atoms with Gasteiger partial charge in [0.05, 0.1) is 12.1 Å². The Kier molecular flexibility index (Phi) is 2.90. The van der Waals surface area contributed by atoms with Crippen LogP contribution < -0.4 is 5.73 Å². The van der Waals surface area contributed by atoms with E-state index in [0.717, 1.165) is 18.9 Å². The van der Waals surface area contributed by atoms with E-state index in [1.54, 1.807) is 0 Å². The van der Waals surface area contributed by atoms with Gasteiger partial charge in [0, 0.05) is 11.6 Å². The SMILES string of the molecule is N[C@@H](c1cc(F)cc(F)c1F)[C@H](O)C1CC1. The molecule has 1 aromatic carbocycles. The molecule has 0 radical (unpaired) electrons. The standard InChI is InChI=1S/C11H12F3NO/c12-6-3-7(9(14)8(13)4-6)10(15)11(16)5-1-2-5/h3-5,10-11,16H,1-2,15H2/t10-,11+/m0/s1. The number of hydrogen-bond donors (Lipinski definition) is 2. The van der Waals surface area contributed by atoms with Crippen molar-refractivity contribution in [3.63, 3.8) is 0 Å². The van der Waals surface area contributed by atoms with Crippen LogP contribution in [0.4, 0.5) is 13.2 Å². The van der Waals surface area contributed by atoms with E-state index >= 15 is 0 Å². The van der Waals surface area contributed by atoms with Crippen molar-refractivity contribution in [2.24, 2.45) is 11.7 Å². The van der Waals surface area contributed by atoms with E-state index in [0.29, 0.717) is 6.07 Å². The summed E-state index contributed by atoms with van der Waals surface area (Å²) in [6, 6.07) is 0.196. The summed E-state index contributed by atoms with van der Waals surface area (Å²) in [6.07, 6.45) is 0.679. The van der Waals surface area contributed by atoms with Crippen molar-refractivity contribution < 1.29 is 18.3 Å². The molecule has 1 aromatic rings. The molecule has 88 valence electrons. The monoisotopic (exact) mass is 231 g/mol. The van der Waals surface area contributed by atoms with Crippen LogP contribution in [0.15, 0.2) is 12.1 Å². The Morgan fingerprint density at radius 1 is 1.25 bits per heavy atom. The van der Waals surface area contributed by atoms with Gasteiger partial charge in [-0.1, -0.05) is 0 Å². The zero-order chi connectivity index (χ0) is 11.9. The fourth-order valence-electron chi connectivity index (χ4n) is 1.73. The molecule has 0 spiro atoms.